The van der Waals surface area contributed by atoms with Crippen LogP contribution in [0, 0.1) is 40.4 Å². The van der Waals surface area contributed by atoms with Crippen LogP contribution in [-0.4, -0.2) is 17.0 Å². The molecule has 0 aliphatic heterocycles. The molecule has 6 unspecified atom stereocenters. The van der Waals surface area contributed by atoms with Crippen molar-refractivity contribution in [2.75, 3.05) is 0 Å². The molecule has 0 saturated heterocycles. The highest BCUT2D eigenvalue weighted by Gasteiger charge is 2.60. The van der Waals surface area contributed by atoms with Gasteiger partial charge in [0.25, 0.3) is 0 Å². The van der Waals surface area contributed by atoms with E-state index in [1.165, 1.54) is 38.5 Å². The summed E-state index contributed by atoms with van der Waals surface area (Å²) in [6.45, 7) is 6.80. The van der Waals surface area contributed by atoms with Gasteiger partial charge in [0.1, 0.15) is 5.78 Å². The number of hydrogen-bond donors (Lipinski definition) is 1. The second-order valence-corrected chi connectivity index (χ2v) is 9.87. The summed E-state index contributed by atoms with van der Waals surface area (Å²) >= 11 is 0. The van der Waals surface area contributed by atoms with E-state index in [1.807, 2.05) is 6.92 Å². The highest BCUT2D eigenvalue weighted by Crippen LogP contribution is 2.67. The Labute approximate surface area is 141 Å². The Morgan fingerprint density at radius 1 is 0.913 bits per heavy atom. The summed E-state index contributed by atoms with van der Waals surface area (Å²) < 4.78 is 0. The van der Waals surface area contributed by atoms with Crippen molar-refractivity contribution in [3.63, 3.8) is 0 Å². The molecule has 0 aromatic rings. The van der Waals surface area contributed by atoms with Gasteiger partial charge in [-0.15, -0.1) is 0 Å². The molecule has 4 aliphatic carbocycles. The van der Waals surface area contributed by atoms with Gasteiger partial charge < -0.3 is 5.11 Å². The SMILES string of the molecule is CC(=O)[C@H]1CCC2C3CC[C@H]4CC(O)CCC4(C)C3CCC21C. The standard InChI is InChI=1S/C21H34O2/c1-13(22)17-6-7-18-16-5-4-14-12-15(23)8-10-20(14,2)19(16)9-11-21(17,18)3/h14-19,23H,4-12H2,1-3H3/t14-,15?,16?,17+,18?,19?,20?,21?/m0/s1. The van der Waals surface area contributed by atoms with Gasteiger partial charge in [-0.3, -0.25) is 4.79 Å². The zero-order chi connectivity index (χ0) is 16.4. The van der Waals surface area contributed by atoms with Gasteiger partial charge in [-0.05, 0) is 99.2 Å². The molecule has 4 saturated carbocycles. The largest absolute Gasteiger partial charge is 0.393 e. The molecule has 4 fully saturated rings. The Bertz CT molecular complexity index is 500. The third-order valence-electron chi connectivity index (χ3n) is 9.13. The summed E-state index contributed by atoms with van der Waals surface area (Å²) in [7, 11) is 0. The van der Waals surface area contributed by atoms with Crippen LogP contribution in [0.15, 0.2) is 0 Å². The predicted molar refractivity (Wildman–Crippen MR) is 91.9 cm³/mol. The van der Waals surface area contributed by atoms with Crippen LogP contribution in [0.4, 0.5) is 0 Å². The maximum atomic E-state index is 12.2. The highest BCUT2D eigenvalue weighted by atomic mass is 16.3. The number of Topliss-reactive ketones (excluding diaryl/α,β-unsaturated/α-hetero) is 1. The number of hydrogen-bond acceptors (Lipinski definition) is 2. The van der Waals surface area contributed by atoms with Crippen molar-refractivity contribution in [2.45, 2.75) is 84.7 Å². The van der Waals surface area contributed by atoms with E-state index in [2.05, 4.69) is 13.8 Å². The number of carbonyl (C=O) groups is 1. The van der Waals surface area contributed by atoms with Crippen LogP contribution in [-0.2, 0) is 4.79 Å². The second-order valence-electron chi connectivity index (χ2n) is 9.87. The Morgan fingerprint density at radius 2 is 1.61 bits per heavy atom. The summed E-state index contributed by atoms with van der Waals surface area (Å²) in [5, 5.41) is 10.1. The molecule has 2 nitrogen and oxygen atoms in total. The summed E-state index contributed by atoms with van der Waals surface area (Å²) in [6, 6.07) is 0. The lowest BCUT2D eigenvalue weighted by molar-refractivity contribution is -0.138. The molecule has 23 heavy (non-hydrogen) atoms. The van der Waals surface area contributed by atoms with Gasteiger partial charge in [0.15, 0.2) is 0 Å². The minimum Gasteiger partial charge on any atom is -0.393 e. The average Bonchev–Trinajstić information content (AvgIpc) is 2.85. The van der Waals surface area contributed by atoms with Crippen molar-refractivity contribution >= 4 is 5.78 Å². The Hall–Kier alpha value is -0.370. The molecular weight excluding hydrogens is 284 g/mol. The number of rotatable bonds is 1. The zero-order valence-electron chi connectivity index (χ0n) is 15.2. The number of ketones is 1. The first-order chi connectivity index (χ1) is 10.9. The van der Waals surface area contributed by atoms with Crippen molar-refractivity contribution in [3.05, 3.63) is 0 Å². The Kier molecular flexibility index (Phi) is 3.72. The first-order valence-corrected chi connectivity index (χ1v) is 10.0. The summed E-state index contributed by atoms with van der Waals surface area (Å²) in [4.78, 5) is 12.2. The van der Waals surface area contributed by atoms with Crippen LogP contribution in [0.1, 0.15) is 78.6 Å². The summed E-state index contributed by atoms with van der Waals surface area (Å²) in [6.07, 6.45) is 10.9. The minimum absolute atomic E-state index is 0.0490. The lowest BCUT2D eigenvalue weighted by Gasteiger charge is -2.60. The fourth-order valence-electron chi connectivity index (χ4n) is 7.90. The predicted octanol–water partition coefficient (Wildman–Crippen LogP) is 4.60. The molecule has 4 rings (SSSR count). The molecule has 8 atom stereocenters. The smallest absolute Gasteiger partial charge is 0.133 e. The summed E-state index contributed by atoms with van der Waals surface area (Å²) in [5.74, 6) is 3.97. The third kappa shape index (κ3) is 2.19. The molecule has 0 radical (unpaired) electrons. The van der Waals surface area contributed by atoms with Crippen LogP contribution in [0.5, 0.6) is 0 Å². The topological polar surface area (TPSA) is 37.3 Å². The minimum atomic E-state index is -0.0490. The molecule has 0 aromatic carbocycles. The van der Waals surface area contributed by atoms with E-state index in [0.29, 0.717) is 17.1 Å². The van der Waals surface area contributed by atoms with Crippen molar-refractivity contribution < 1.29 is 9.90 Å². The third-order valence-corrected chi connectivity index (χ3v) is 9.13. The van der Waals surface area contributed by atoms with Gasteiger partial charge in [-0.25, -0.2) is 0 Å². The van der Waals surface area contributed by atoms with E-state index in [0.717, 1.165) is 42.9 Å². The molecular formula is C21H34O2. The van der Waals surface area contributed by atoms with Crippen LogP contribution >= 0.6 is 0 Å². The van der Waals surface area contributed by atoms with Crippen LogP contribution in [0.2, 0.25) is 0 Å². The van der Waals surface area contributed by atoms with Gasteiger partial charge in [0, 0.05) is 5.92 Å². The van der Waals surface area contributed by atoms with Crippen molar-refractivity contribution in [3.8, 4) is 0 Å². The van der Waals surface area contributed by atoms with Crippen molar-refractivity contribution in [2.24, 2.45) is 40.4 Å². The number of aliphatic hydroxyl groups is 1. The molecule has 0 bridgehead atoms. The maximum absolute atomic E-state index is 12.2. The maximum Gasteiger partial charge on any atom is 0.133 e. The Morgan fingerprint density at radius 3 is 2.35 bits per heavy atom. The monoisotopic (exact) mass is 318 g/mol. The van der Waals surface area contributed by atoms with E-state index in [1.54, 1.807) is 0 Å². The van der Waals surface area contributed by atoms with Gasteiger partial charge in [0.2, 0.25) is 0 Å². The van der Waals surface area contributed by atoms with Crippen LogP contribution in [0.25, 0.3) is 0 Å². The molecule has 0 amide bonds. The van der Waals surface area contributed by atoms with Gasteiger partial charge in [-0.1, -0.05) is 13.8 Å². The fourth-order valence-corrected chi connectivity index (χ4v) is 7.90. The van der Waals surface area contributed by atoms with Gasteiger partial charge >= 0.3 is 0 Å². The summed E-state index contributed by atoms with van der Waals surface area (Å²) in [5.41, 5.74) is 0.738. The fraction of sp³-hybridized carbons (Fsp3) is 0.952. The van der Waals surface area contributed by atoms with Crippen LogP contribution in [0.3, 0.4) is 0 Å². The molecule has 0 spiro atoms. The van der Waals surface area contributed by atoms with E-state index in [-0.39, 0.29) is 11.5 Å². The van der Waals surface area contributed by atoms with Gasteiger partial charge in [0.05, 0.1) is 6.10 Å². The molecule has 130 valence electrons. The van der Waals surface area contributed by atoms with Gasteiger partial charge in [-0.2, -0.15) is 0 Å². The van der Waals surface area contributed by atoms with Crippen LogP contribution < -0.4 is 0 Å². The molecule has 0 heterocycles. The van der Waals surface area contributed by atoms with E-state index < -0.39 is 0 Å². The van der Waals surface area contributed by atoms with E-state index in [4.69, 9.17) is 0 Å². The molecule has 0 aromatic heterocycles. The number of aliphatic hydroxyl groups excluding tert-OH is 1. The quantitative estimate of drug-likeness (QED) is 0.767. The van der Waals surface area contributed by atoms with Crippen molar-refractivity contribution in [1.29, 1.82) is 0 Å². The first-order valence-electron chi connectivity index (χ1n) is 10.0. The first kappa shape index (κ1) is 16.1. The Balaban J connectivity index is 1.61. The number of fused-ring (bicyclic) bond motifs is 5. The highest BCUT2D eigenvalue weighted by molar-refractivity contribution is 5.79. The normalized spacial score (nSPS) is 55.7. The van der Waals surface area contributed by atoms with E-state index >= 15 is 0 Å². The average molecular weight is 319 g/mol. The zero-order valence-corrected chi connectivity index (χ0v) is 15.2. The lowest BCUT2D eigenvalue weighted by Crippen LogP contribution is -2.54. The van der Waals surface area contributed by atoms with Crippen molar-refractivity contribution in [1.82, 2.24) is 0 Å². The molecule has 2 heteroatoms. The second kappa shape index (κ2) is 5.31. The lowest BCUT2D eigenvalue weighted by atomic mass is 9.44. The van der Waals surface area contributed by atoms with E-state index in [9.17, 15) is 9.90 Å². The molecule has 1 N–H and O–H groups in total. The number of carbonyl (C=O) groups excluding carboxylic acids is 1. The molecule has 4 aliphatic rings.